The summed E-state index contributed by atoms with van der Waals surface area (Å²) in [6.07, 6.45) is 1.82. The van der Waals surface area contributed by atoms with Crippen molar-refractivity contribution in [2.24, 2.45) is 0 Å². The SMILES string of the molecule is CC[C@H](O)CC[C@@H](C[C@@H](CCc1ccc(O)c(OC)c1)OC(C)=O)OC(C)=O. The number of aromatic hydroxyl groups is 1. The van der Waals surface area contributed by atoms with E-state index in [2.05, 4.69) is 0 Å². The average molecular weight is 396 g/mol. The van der Waals surface area contributed by atoms with Gasteiger partial charge in [-0.2, -0.15) is 0 Å². The number of aryl methyl sites for hydroxylation is 1. The topological polar surface area (TPSA) is 102 Å². The number of hydrogen-bond donors (Lipinski definition) is 2. The van der Waals surface area contributed by atoms with Gasteiger partial charge in [0, 0.05) is 20.3 Å². The molecule has 3 atom stereocenters. The highest BCUT2D eigenvalue weighted by molar-refractivity contribution is 5.66. The molecule has 1 aromatic carbocycles. The molecule has 0 radical (unpaired) electrons. The molecule has 0 saturated heterocycles. The van der Waals surface area contributed by atoms with Crippen molar-refractivity contribution in [3.8, 4) is 11.5 Å². The van der Waals surface area contributed by atoms with Crippen molar-refractivity contribution < 1.29 is 34.0 Å². The van der Waals surface area contributed by atoms with Crippen molar-refractivity contribution in [2.75, 3.05) is 7.11 Å². The van der Waals surface area contributed by atoms with Crippen LogP contribution in [0.2, 0.25) is 0 Å². The number of benzene rings is 1. The second-order valence-electron chi connectivity index (χ2n) is 6.88. The third-order valence-electron chi connectivity index (χ3n) is 4.48. The van der Waals surface area contributed by atoms with Gasteiger partial charge >= 0.3 is 11.9 Å². The van der Waals surface area contributed by atoms with Crippen LogP contribution in [-0.4, -0.2) is 47.6 Å². The van der Waals surface area contributed by atoms with E-state index in [9.17, 15) is 19.8 Å². The summed E-state index contributed by atoms with van der Waals surface area (Å²) in [7, 11) is 1.48. The highest BCUT2D eigenvalue weighted by atomic mass is 16.6. The molecule has 2 N–H and O–H groups in total. The molecule has 7 nitrogen and oxygen atoms in total. The summed E-state index contributed by atoms with van der Waals surface area (Å²) in [4.78, 5) is 22.9. The Labute approximate surface area is 166 Å². The Balaban J connectivity index is 2.77. The first kappa shape index (κ1) is 23.8. The quantitative estimate of drug-likeness (QED) is 0.523. The van der Waals surface area contributed by atoms with Gasteiger partial charge in [-0.15, -0.1) is 0 Å². The number of phenolic OH excluding ortho intramolecular Hbond substituents is 1. The predicted molar refractivity (Wildman–Crippen MR) is 104 cm³/mol. The smallest absolute Gasteiger partial charge is 0.302 e. The first-order valence-electron chi connectivity index (χ1n) is 9.63. The van der Waals surface area contributed by atoms with Gasteiger partial charge < -0.3 is 24.4 Å². The highest BCUT2D eigenvalue weighted by Gasteiger charge is 2.22. The van der Waals surface area contributed by atoms with Crippen molar-refractivity contribution >= 4 is 11.9 Å². The zero-order chi connectivity index (χ0) is 21.1. The first-order valence-corrected chi connectivity index (χ1v) is 9.63. The van der Waals surface area contributed by atoms with Crippen molar-refractivity contribution in [3.63, 3.8) is 0 Å². The van der Waals surface area contributed by atoms with Crippen molar-refractivity contribution in [1.29, 1.82) is 0 Å². The second-order valence-corrected chi connectivity index (χ2v) is 6.88. The minimum Gasteiger partial charge on any atom is -0.504 e. The van der Waals surface area contributed by atoms with Crippen molar-refractivity contribution in [2.45, 2.75) is 77.6 Å². The molecule has 0 amide bonds. The van der Waals surface area contributed by atoms with E-state index in [1.54, 1.807) is 18.2 Å². The van der Waals surface area contributed by atoms with Gasteiger partial charge in [-0.3, -0.25) is 9.59 Å². The molecule has 0 spiro atoms. The minimum absolute atomic E-state index is 0.0622. The molecule has 1 aromatic rings. The van der Waals surface area contributed by atoms with E-state index in [1.807, 2.05) is 6.92 Å². The zero-order valence-corrected chi connectivity index (χ0v) is 17.1. The van der Waals surface area contributed by atoms with Gasteiger partial charge in [-0.05, 0) is 49.8 Å². The second kappa shape index (κ2) is 12.2. The molecule has 0 saturated carbocycles. The number of hydrogen-bond acceptors (Lipinski definition) is 7. The lowest BCUT2D eigenvalue weighted by Crippen LogP contribution is -2.27. The van der Waals surface area contributed by atoms with Gasteiger partial charge in [-0.1, -0.05) is 13.0 Å². The van der Waals surface area contributed by atoms with Gasteiger partial charge in [-0.25, -0.2) is 0 Å². The Morgan fingerprint density at radius 3 is 2.18 bits per heavy atom. The van der Waals surface area contributed by atoms with E-state index in [0.29, 0.717) is 44.3 Å². The largest absolute Gasteiger partial charge is 0.504 e. The summed E-state index contributed by atoms with van der Waals surface area (Å²) in [5.74, 6) is -0.357. The molecule has 158 valence electrons. The number of carbonyl (C=O) groups is 2. The summed E-state index contributed by atoms with van der Waals surface area (Å²) in [6.45, 7) is 4.57. The lowest BCUT2D eigenvalue weighted by molar-refractivity contribution is -0.153. The molecular weight excluding hydrogens is 364 g/mol. The Kier molecular flexibility index (Phi) is 10.4. The van der Waals surface area contributed by atoms with Gasteiger partial charge in [0.1, 0.15) is 12.2 Å². The van der Waals surface area contributed by atoms with Crippen LogP contribution < -0.4 is 4.74 Å². The van der Waals surface area contributed by atoms with Crippen LogP contribution in [0.25, 0.3) is 0 Å². The van der Waals surface area contributed by atoms with Crippen LogP contribution in [0.15, 0.2) is 18.2 Å². The summed E-state index contributed by atoms with van der Waals surface area (Å²) in [6, 6.07) is 5.08. The number of carbonyl (C=O) groups excluding carboxylic acids is 2. The lowest BCUT2D eigenvalue weighted by atomic mass is 9.98. The number of esters is 2. The molecule has 0 aromatic heterocycles. The van der Waals surface area contributed by atoms with Crippen LogP contribution in [-0.2, 0) is 25.5 Å². The maximum absolute atomic E-state index is 11.5. The molecule has 0 unspecified atom stereocenters. The van der Waals surface area contributed by atoms with Gasteiger partial charge in [0.2, 0.25) is 0 Å². The van der Waals surface area contributed by atoms with Crippen LogP contribution in [0.4, 0.5) is 0 Å². The average Bonchev–Trinajstić information content (AvgIpc) is 2.63. The summed E-state index contributed by atoms with van der Waals surface area (Å²) in [5, 5.41) is 19.5. The zero-order valence-electron chi connectivity index (χ0n) is 17.1. The number of aliphatic hydroxyl groups is 1. The predicted octanol–water partition coefficient (Wildman–Crippen LogP) is 3.14. The number of methoxy groups -OCH3 is 1. The molecule has 0 aliphatic rings. The molecule has 1 rings (SSSR count). The number of ether oxygens (including phenoxy) is 3. The summed E-state index contributed by atoms with van der Waals surface area (Å²) in [5.41, 5.74) is 0.928. The molecular formula is C21H32O7. The van der Waals surface area contributed by atoms with E-state index in [0.717, 1.165) is 5.56 Å². The maximum atomic E-state index is 11.5. The van der Waals surface area contributed by atoms with E-state index in [-0.39, 0.29) is 5.75 Å². The third kappa shape index (κ3) is 9.08. The van der Waals surface area contributed by atoms with Crippen LogP contribution in [0.3, 0.4) is 0 Å². The molecule has 0 bridgehead atoms. The number of aliphatic hydroxyl groups excluding tert-OH is 1. The third-order valence-corrected chi connectivity index (χ3v) is 4.48. The van der Waals surface area contributed by atoms with Gasteiger partial charge in [0.15, 0.2) is 11.5 Å². The Morgan fingerprint density at radius 1 is 1.04 bits per heavy atom. The monoisotopic (exact) mass is 396 g/mol. The molecule has 28 heavy (non-hydrogen) atoms. The highest BCUT2D eigenvalue weighted by Crippen LogP contribution is 2.27. The fraction of sp³-hybridized carbons (Fsp3) is 0.619. The Morgan fingerprint density at radius 2 is 1.64 bits per heavy atom. The van der Waals surface area contributed by atoms with Crippen LogP contribution in [0, 0.1) is 0 Å². The first-order chi connectivity index (χ1) is 13.2. The molecule has 0 heterocycles. The van der Waals surface area contributed by atoms with E-state index in [1.165, 1.54) is 21.0 Å². The Hall–Kier alpha value is -2.28. The normalized spacial score (nSPS) is 14.0. The van der Waals surface area contributed by atoms with Crippen molar-refractivity contribution in [1.82, 2.24) is 0 Å². The molecule has 0 aliphatic heterocycles. The van der Waals surface area contributed by atoms with Gasteiger partial charge in [0.25, 0.3) is 0 Å². The van der Waals surface area contributed by atoms with E-state index >= 15 is 0 Å². The van der Waals surface area contributed by atoms with Crippen LogP contribution in [0.1, 0.15) is 58.4 Å². The standard InChI is InChI=1S/C21H32O7/c1-5-17(24)8-10-19(28-15(3)23)13-18(27-14(2)22)9-6-16-7-11-20(25)21(12-16)26-4/h7,11-12,17-19,24-25H,5-6,8-10,13H2,1-4H3/t17-,18+,19-/m0/s1. The van der Waals surface area contributed by atoms with Crippen LogP contribution >= 0.6 is 0 Å². The van der Waals surface area contributed by atoms with Crippen molar-refractivity contribution in [3.05, 3.63) is 23.8 Å². The van der Waals surface area contributed by atoms with E-state index in [4.69, 9.17) is 14.2 Å². The molecule has 7 heteroatoms. The number of rotatable bonds is 12. The fourth-order valence-corrected chi connectivity index (χ4v) is 3.00. The van der Waals surface area contributed by atoms with E-state index < -0.39 is 30.3 Å². The Bertz CT molecular complexity index is 629. The molecule has 0 fully saturated rings. The summed E-state index contributed by atoms with van der Waals surface area (Å²) < 4.78 is 15.9. The maximum Gasteiger partial charge on any atom is 0.302 e. The van der Waals surface area contributed by atoms with Crippen LogP contribution in [0.5, 0.6) is 11.5 Å². The summed E-state index contributed by atoms with van der Waals surface area (Å²) >= 11 is 0. The number of phenols is 1. The minimum atomic E-state index is -0.449. The lowest BCUT2D eigenvalue weighted by Gasteiger charge is -2.24. The fourth-order valence-electron chi connectivity index (χ4n) is 3.00. The van der Waals surface area contributed by atoms with Gasteiger partial charge in [0.05, 0.1) is 13.2 Å². The molecule has 0 aliphatic carbocycles.